The van der Waals surface area contributed by atoms with Crippen molar-refractivity contribution in [3.05, 3.63) is 60.9 Å². The highest BCUT2D eigenvalue weighted by Gasteiger charge is 2.16. The van der Waals surface area contributed by atoms with Crippen LogP contribution in [0.5, 0.6) is 0 Å². The number of allylic oxidation sites excluding steroid dienone is 9. The molecule has 2 N–H and O–H groups in total. The van der Waals surface area contributed by atoms with E-state index < -0.39 is 5.97 Å². The predicted octanol–water partition coefficient (Wildman–Crippen LogP) is 9.10. The van der Waals surface area contributed by atoms with Crippen molar-refractivity contribution in [2.75, 3.05) is 0 Å². The molecule has 0 aromatic rings. The zero-order valence-electron chi connectivity index (χ0n) is 20.7. The van der Waals surface area contributed by atoms with Crippen LogP contribution in [-0.2, 0) is 4.79 Å². The summed E-state index contributed by atoms with van der Waals surface area (Å²) in [4.78, 5) is 11.0. The Bertz CT molecular complexity index is 583. The summed E-state index contributed by atoms with van der Waals surface area (Å²) < 4.78 is 0. The largest absolute Gasteiger partial charge is 0.513 e. The van der Waals surface area contributed by atoms with Gasteiger partial charge in [-0.05, 0) is 56.8 Å². The van der Waals surface area contributed by atoms with Crippen LogP contribution in [0.3, 0.4) is 0 Å². The number of aliphatic hydroxyl groups is 1. The first-order valence-corrected chi connectivity index (χ1v) is 12.8. The Kier molecular flexibility index (Phi) is 20.8. The molecule has 0 aromatic heterocycles. The molecule has 32 heavy (non-hydrogen) atoms. The number of aliphatic hydroxyl groups excluding tert-OH is 1. The lowest BCUT2D eigenvalue weighted by atomic mass is 9.83. The monoisotopic (exact) mass is 444 g/mol. The first-order chi connectivity index (χ1) is 15.5. The summed E-state index contributed by atoms with van der Waals surface area (Å²) in [6.45, 7) is 7.97. The molecular weight excluding hydrogens is 396 g/mol. The minimum Gasteiger partial charge on any atom is -0.513 e. The van der Waals surface area contributed by atoms with Crippen molar-refractivity contribution >= 4 is 5.97 Å². The number of unbranched alkanes of at least 4 members (excludes halogenated alkanes) is 6. The lowest BCUT2D eigenvalue weighted by Gasteiger charge is -2.22. The number of hydrogen-bond donors (Lipinski definition) is 2. The van der Waals surface area contributed by atoms with Crippen LogP contribution in [0.4, 0.5) is 0 Å². The summed E-state index contributed by atoms with van der Waals surface area (Å²) in [5, 5.41) is 18.2. The van der Waals surface area contributed by atoms with E-state index in [0.29, 0.717) is 24.7 Å². The standard InChI is InChI=1S/C29H48O3/c1-4-6-8-9-10-13-17-23-28(24-19-25-29(31)32)27(21-15-7-5-2)22-18-14-11-12-16-20-26(3)30/h10-11,13-14,17-18,22-23,27-28,30H,3-9,12,15-16,19-21,24-25H2,1-2H3,(H,31,32)/b13-10-,14-11+,22-18+,23-17+/t27-,28-/m0/s1. The smallest absolute Gasteiger partial charge is 0.303 e. The highest BCUT2D eigenvalue weighted by Crippen LogP contribution is 2.27. The number of carboxylic acids is 1. The van der Waals surface area contributed by atoms with E-state index >= 15 is 0 Å². The second-order valence-electron chi connectivity index (χ2n) is 8.69. The van der Waals surface area contributed by atoms with Gasteiger partial charge in [-0.25, -0.2) is 0 Å². The van der Waals surface area contributed by atoms with Gasteiger partial charge in [0.25, 0.3) is 0 Å². The first kappa shape index (κ1) is 30.0. The van der Waals surface area contributed by atoms with E-state index in [-0.39, 0.29) is 12.2 Å². The summed E-state index contributed by atoms with van der Waals surface area (Å²) in [7, 11) is 0. The van der Waals surface area contributed by atoms with Crippen LogP contribution in [0.2, 0.25) is 0 Å². The van der Waals surface area contributed by atoms with E-state index in [9.17, 15) is 4.79 Å². The summed E-state index contributed by atoms with van der Waals surface area (Å²) in [5.41, 5.74) is 0. The van der Waals surface area contributed by atoms with Crippen LogP contribution in [0.15, 0.2) is 60.9 Å². The van der Waals surface area contributed by atoms with Gasteiger partial charge in [-0.2, -0.15) is 0 Å². The van der Waals surface area contributed by atoms with Gasteiger partial charge in [0.05, 0.1) is 5.76 Å². The van der Waals surface area contributed by atoms with Crippen LogP contribution in [-0.4, -0.2) is 16.2 Å². The van der Waals surface area contributed by atoms with E-state index in [4.69, 9.17) is 10.2 Å². The van der Waals surface area contributed by atoms with Crippen molar-refractivity contribution in [1.82, 2.24) is 0 Å². The fraction of sp³-hybridized carbons (Fsp3) is 0.621. The van der Waals surface area contributed by atoms with E-state index in [2.05, 4.69) is 69.0 Å². The molecule has 0 fully saturated rings. The number of carbonyl (C=O) groups is 1. The Labute approximate surface area is 197 Å². The SMILES string of the molecule is C=C(O)CCC/C=C/C=C/[C@H](CCCCC)[C@@H](/C=C/C=C\CCCCC)CCCC(=O)O. The molecule has 0 heterocycles. The van der Waals surface area contributed by atoms with Crippen LogP contribution < -0.4 is 0 Å². The average molecular weight is 445 g/mol. The molecule has 0 aliphatic rings. The molecule has 182 valence electrons. The maximum atomic E-state index is 11.0. The van der Waals surface area contributed by atoms with Gasteiger partial charge in [-0.3, -0.25) is 4.79 Å². The van der Waals surface area contributed by atoms with Crippen LogP contribution in [0, 0.1) is 11.8 Å². The van der Waals surface area contributed by atoms with E-state index in [1.54, 1.807) is 0 Å². The third-order valence-electron chi connectivity index (χ3n) is 5.64. The van der Waals surface area contributed by atoms with Crippen molar-refractivity contribution < 1.29 is 15.0 Å². The van der Waals surface area contributed by atoms with Crippen molar-refractivity contribution in [3.8, 4) is 0 Å². The van der Waals surface area contributed by atoms with Crippen LogP contribution in [0.25, 0.3) is 0 Å². The van der Waals surface area contributed by atoms with Crippen molar-refractivity contribution in [2.45, 2.75) is 104 Å². The maximum Gasteiger partial charge on any atom is 0.303 e. The summed E-state index contributed by atoms with van der Waals surface area (Å²) in [5.74, 6) is 0.311. The molecule has 2 atom stereocenters. The molecule has 0 amide bonds. The molecule has 0 saturated heterocycles. The van der Waals surface area contributed by atoms with Crippen LogP contribution >= 0.6 is 0 Å². The minimum absolute atomic E-state index is 0.235. The molecule has 0 bridgehead atoms. The Morgan fingerprint density at radius 3 is 1.78 bits per heavy atom. The Morgan fingerprint density at radius 1 is 0.719 bits per heavy atom. The van der Waals surface area contributed by atoms with Crippen molar-refractivity contribution in [3.63, 3.8) is 0 Å². The fourth-order valence-electron chi connectivity index (χ4n) is 3.72. The van der Waals surface area contributed by atoms with Gasteiger partial charge in [0, 0.05) is 12.8 Å². The van der Waals surface area contributed by atoms with E-state index in [1.807, 2.05) is 0 Å². The van der Waals surface area contributed by atoms with Crippen LogP contribution in [0.1, 0.15) is 104 Å². The Balaban J connectivity index is 5.06. The average Bonchev–Trinajstić information content (AvgIpc) is 2.75. The molecule has 0 aromatic carbocycles. The quantitative estimate of drug-likeness (QED) is 0.105. The van der Waals surface area contributed by atoms with Gasteiger partial charge in [0.15, 0.2) is 0 Å². The molecule has 0 spiro atoms. The summed E-state index contributed by atoms with van der Waals surface area (Å²) in [6, 6.07) is 0. The lowest BCUT2D eigenvalue weighted by molar-refractivity contribution is -0.137. The van der Waals surface area contributed by atoms with Crippen molar-refractivity contribution in [1.29, 1.82) is 0 Å². The third-order valence-corrected chi connectivity index (χ3v) is 5.64. The number of aliphatic carboxylic acids is 1. The molecular formula is C29H48O3. The van der Waals surface area contributed by atoms with Gasteiger partial charge in [0.2, 0.25) is 0 Å². The number of carboxylic acid groups (broad SMARTS) is 1. The Hall–Kier alpha value is -2.03. The van der Waals surface area contributed by atoms with E-state index in [1.165, 1.54) is 38.5 Å². The normalized spacial score (nSPS) is 14.2. The second kappa shape index (κ2) is 22.2. The fourth-order valence-corrected chi connectivity index (χ4v) is 3.72. The van der Waals surface area contributed by atoms with Gasteiger partial charge in [-0.15, -0.1) is 0 Å². The highest BCUT2D eigenvalue weighted by atomic mass is 16.4. The van der Waals surface area contributed by atoms with Gasteiger partial charge < -0.3 is 10.2 Å². The van der Waals surface area contributed by atoms with Gasteiger partial charge in [0.1, 0.15) is 0 Å². The molecule has 3 heteroatoms. The first-order valence-electron chi connectivity index (χ1n) is 12.8. The highest BCUT2D eigenvalue weighted by molar-refractivity contribution is 5.66. The predicted molar refractivity (Wildman–Crippen MR) is 139 cm³/mol. The maximum absolute atomic E-state index is 11.0. The summed E-state index contributed by atoms with van der Waals surface area (Å²) in [6.07, 6.45) is 31.5. The summed E-state index contributed by atoms with van der Waals surface area (Å²) >= 11 is 0. The topological polar surface area (TPSA) is 57.5 Å². The lowest BCUT2D eigenvalue weighted by Crippen LogP contribution is -2.12. The van der Waals surface area contributed by atoms with Gasteiger partial charge >= 0.3 is 5.97 Å². The second-order valence-corrected chi connectivity index (χ2v) is 8.69. The van der Waals surface area contributed by atoms with Crippen molar-refractivity contribution in [2.24, 2.45) is 11.8 Å². The molecule has 0 radical (unpaired) electrons. The van der Waals surface area contributed by atoms with E-state index in [0.717, 1.165) is 32.1 Å². The number of hydrogen-bond acceptors (Lipinski definition) is 2. The molecule has 0 aliphatic carbocycles. The molecule has 3 nitrogen and oxygen atoms in total. The molecule has 0 rings (SSSR count). The minimum atomic E-state index is -0.713. The third kappa shape index (κ3) is 19.9. The molecule has 0 unspecified atom stereocenters. The van der Waals surface area contributed by atoms with Gasteiger partial charge in [-0.1, -0.05) is 101 Å². The molecule has 0 saturated carbocycles. The Morgan fingerprint density at radius 2 is 1.25 bits per heavy atom. The molecule has 0 aliphatic heterocycles. The zero-order valence-corrected chi connectivity index (χ0v) is 20.7. The zero-order chi connectivity index (χ0) is 23.9. The number of rotatable bonds is 21.